The lowest BCUT2D eigenvalue weighted by Crippen LogP contribution is -2.58. The van der Waals surface area contributed by atoms with Crippen LogP contribution in [0, 0.1) is 0 Å². The van der Waals surface area contributed by atoms with Gasteiger partial charge in [-0.3, -0.25) is 4.90 Å². The Morgan fingerprint density at radius 2 is 1.93 bits per heavy atom. The average molecular weight is 199 g/mol. The lowest BCUT2D eigenvalue weighted by molar-refractivity contribution is 0.00756. The van der Waals surface area contributed by atoms with E-state index in [0.29, 0.717) is 6.04 Å². The van der Waals surface area contributed by atoms with Gasteiger partial charge in [0.25, 0.3) is 0 Å². The van der Waals surface area contributed by atoms with Crippen LogP contribution in [0.5, 0.6) is 0 Å². The van der Waals surface area contributed by atoms with E-state index in [1.165, 1.54) is 0 Å². The summed E-state index contributed by atoms with van der Waals surface area (Å²) in [6.45, 7) is 6.36. The predicted molar refractivity (Wildman–Crippen MR) is 56.4 cm³/mol. The van der Waals surface area contributed by atoms with E-state index in [1.54, 1.807) is 0 Å². The van der Waals surface area contributed by atoms with Gasteiger partial charge in [-0.1, -0.05) is 0 Å². The molecule has 0 spiro atoms. The van der Waals surface area contributed by atoms with Crippen molar-refractivity contribution >= 4 is 0 Å². The van der Waals surface area contributed by atoms with E-state index in [9.17, 15) is 5.11 Å². The van der Waals surface area contributed by atoms with Gasteiger partial charge in [-0.2, -0.15) is 0 Å². The van der Waals surface area contributed by atoms with Crippen molar-refractivity contribution in [2.75, 3.05) is 46.3 Å². The summed E-state index contributed by atoms with van der Waals surface area (Å²) in [7, 11) is 2.16. The molecule has 2 saturated heterocycles. The Balaban J connectivity index is 1.87. The van der Waals surface area contributed by atoms with Crippen LogP contribution in [0.25, 0.3) is 0 Å². The first-order valence-electron chi connectivity index (χ1n) is 5.59. The van der Waals surface area contributed by atoms with Gasteiger partial charge in [0, 0.05) is 38.8 Å². The molecule has 0 aromatic carbocycles. The highest BCUT2D eigenvalue weighted by molar-refractivity contribution is 4.87. The van der Waals surface area contributed by atoms with E-state index >= 15 is 0 Å². The van der Waals surface area contributed by atoms with Gasteiger partial charge in [0.05, 0.1) is 6.10 Å². The molecule has 2 rings (SSSR count). The fourth-order valence-electron chi connectivity index (χ4n) is 2.35. The Morgan fingerprint density at radius 1 is 1.21 bits per heavy atom. The summed E-state index contributed by atoms with van der Waals surface area (Å²) >= 11 is 0. The van der Waals surface area contributed by atoms with Crippen LogP contribution in [-0.4, -0.2) is 73.4 Å². The SMILES string of the molecule is CN1CCN(C2CNCCC2O)CC1. The van der Waals surface area contributed by atoms with Crippen molar-refractivity contribution in [3.05, 3.63) is 0 Å². The lowest BCUT2D eigenvalue weighted by atomic mass is 10.0. The highest BCUT2D eigenvalue weighted by atomic mass is 16.3. The molecule has 0 aromatic heterocycles. The molecule has 0 amide bonds. The second-order valence-electron chi connectivity index (χ2n) is 4.47. The summed E-state index contributed by atoms with van der Waals surface area (Å²) in [6.07, 6.45) is 0.774. The minimum Gasteiger partial charge on any atom is -0.391 e. The molecule has 0 aromatic rings. The van der Waals surface area contributed by atoms with Crippen LogP contribution in [0.3, 0.4) is 0 Å². The first kappa shape index (κ1) is 10.4. The maximum atomic E-state index is 9.89. The van der Waals surface area contributed by atoms with Gasteiger partial charge in [0.15, 0.2) is 0 Å². The Labute approximate surface area is 85.9 Å². The predicted octanol–water partition coefficient (Wildman–Crippen LogP) is -1.04. The standard InChI is InChI=1S/C10H21N3O/c1-12-4-6-13(7-5-12)9-8-11-3-2-10(9)14/h9-11,14H,2-8H2,1H3. The topological polar surface area (TPSA) is 38.7 Å². The van der Waals surface area contributed by atoms with E-state index in [-0.39, 0.29) is 6.10 Å². The molecule has 4 nitrogen and oxygen atoms in total. The van der Waals surface area contributed by atoms with Crippen molar-refractivity contribution in [1.29, 1.82) is 0 Å². The number of rotatable bonds is 1. The number of nitrogens with zero attached hydrogens (tertiary/aromatic N) is 2. The average Bonchev–Trinajstić information content (AvgIpc) is 2.20. The Hall–Kier alpha value is -0.160. The summed E-state index contributed by atoms with van der Waals surface area (Å²) in [5.74, 6) is 0. The summed E-state index contributed by atoms with van der Waals surface area (Å²) in [5.41, 5.74) is 0. The summed E-state index contributed by atoms with van der Waals surface area (Å²) < 4.78 is 0. The number of hydrogen-bond donors (Lipinski definition) is 2. The van der Waals surface area contributed by atoms with Gasteiger partial charge in [-0.25, -0.2) is 0 Å². The zero-order valence-corrected chi connectivity index (χ0v) is 8.95. The van der Waals surface area contributed by atoms with Gasteiger partial charge in [-0.15, -0.1) is 0 Å². The quantitative estimate of drug-likeness (QED) is 0.566. The highest BCUT2D eigenvalue weighted by Crippen LogP contribution is 2.13. The Kier molecular flexibility index (Phi) is 3.38. The fraction of sp³-hybridized carbons (Fsp3) is 1.00. The van der Waals surface area contributed by atoms with Crippen LogP contribution in [-0.2, 0) is 0 Å². The van der Waals surface area contributed by atoms with Crippen molar-refractivity contribution in [1.82, 2.24) is 15.1 Å². The van der Waals surface area contributed by atoms with Crippen molar-refractivity contribution in [2.24, 2.45) is 0 Å². The first-order chi connectivity index (χ1) is 6.77. The maximum Gasteiger partial charge on any atom is 0.0719 e. The zero-order chi connectivity index (χ0) is 9.97. The van der Waals surface area contributed by atoms with Gasteiger partial charge in [-0.05, 0) is 20.0 Å². The molecule has 0 radical (unpaired) electrons. The highest BCUT2D eigenvalue weighted by Gasteiger charge is 2.29. The molecule has 2 atom stereocenters. The molecule has 0 saturated carbocycles. The lowest BCUT2D eigenvalue weighted by Gasteiger charge is -2.41. The normalized spacial score (nSPS) is 37.3. The number of nitrogens with one attached hydrogen (secondary N) is 1. The molecule has 0 aliphatic carbocycles. The fourth-order valence-corrected chi connectivity index (χ4v) is 2.35. The van der Waals surface area contributed by atoms with E-state index in [1.807, 2.05) is 0 Å². The Morgan fingerprint density at radius 3 is 2.57 bits per heavy atom. The molecule has 2 heterocycles. The summed E-state index contributed by atoms with van der Waals surface area (Å²) in [6, 6.07) is 0.345. The Bertz CT molecular complexity index is 180. The molecular formula is C10H21N3O. The van der Waals surface area contributed by atoms with E-state index in [0.717, 1.165) is 45.7 Å². The molecule has 2 aliphatic heterocycles. The summed E-state index contributed by atoms with van der Waals surface area (Å²) in [5, 5.41) is 13.3. The van der Waals surface area contributed by atoms with Gasteiger partial charge < -0.3 is 15.3 Å². The first-order valence-corrected chi connectivity index (χ1v) is 5.59. The maximum absolute atomic E-state index is 9.89. The number of piperazine rings is 1. The monoisotopic (exact) mass is 199 g/mol. The molecule has 0 bridgehead atoms. The molecule has 2 aliphatic rings. The minimum absolute atomic E-state index is 0.125. The number of aliphatic hydroxyl groups excluding tert-OH is 1. The van der Waals surface area contributed by atoms with Crippen molar-refractivity contribution in [3.8, 4) is 0 Å². The summed E-state index contributed by atoms with van der Waals surface area (Å²) in [4.78, 5) is 4.77. The molecule has 2 unspecified atom stereocenters. The smallest absolute Gasteiger partial charge is 0.0719 e. The minimum atomic E-state index is -0.125. The number of likely N-dealkylation sites (N-methyl/N-ethyl adjacent to an activating group) is 1. The van der Waals surface area contributed by atoms with Crippen LogP contribution < -0.4 is 5.32 Å². The second-order valence-corrected chi connectivity index (χ2v) is 4.47. The molecule has 14 heavy (non-hydrogen) atoms. The third-order valence-electron chi connectivity index (χ3n) is 3.42. The molecule has 2 N–H and O–H groups in total. The second kappa shape index (κ2) is 4.57. The van der Waals surface area contributed by atoms with Gasteiger partial charge in [0.1, 0.15) is 0 Å². The van der Waals surface area contributed by atoms with Gasteiger partial charge in [0.2, 0.25) is 0 Å². The molecule has 4 heteroatoms. The van der Waals surface area contributed by atoms with E-state index in [4.69, 9.17) is 0 Å². The van der Waals surface area contributed by atoms with Crippen LogP contribution in [0.15, 0.2) is 0 Å². The molecule has 2 fully saturated rings. The molecule has 82 valence electrons. The van der Waals surface area contributed by atoms with Crippen molar-refractivity contribution in [3.63, 3.8) is 0 Å². The molecular weight excluding hydrogens is 178 g/mol. The van der Waals surface area contributed by atoms with E-state index < -0.39 is 0 Å². The third-order valence-corrected chi connectivity index (χ3v) is 3.42. The zero-order valence-electron chi connectivity index (χ0n) is 8.95. The van der Waals surface area contributed by atoms with Crippen molar-refractivity contribution < 1.29 is 5.11 Å². The van der Waals surface area contributed by atoms with Crippen LogP contribution >= 0.6 is 0 Å². The third kappa shape index (κ3) is 2.25. The van der Waals surface area contributed by atoms with Crippen LogP contribution in [0.1, 0.15) is 6.42 Å². The largest absolute Gasteiger partial charge is 0.391 e. The number of piperidine rings is 1. The van der Waals surface area contributed by atoms with E-state index in [2.05, 4.69) is 22.2 Å². The van der Waals surface area contributed by atoms with Crippen LogP contribution in [0.4, 0.5) is 0 Å². The number of aliphatic hydroxyl groups is 1. The van der Waals surface area contributed by atoms with Gasteiger partial charge >= 0.3 is 0 Å². The van der Waals surface area contributed by atoms with Crippen LogP contribution in [0.2, 0.25) is 0 Å². The van der Waals surface area contributed by atoms with Crippen molar-refractivity contribution in [2.45, 2.75) is 18.6 Å². The number of hydrogen-bond acceptors (Lipinski definition) is 4.